The molecule has 1 aliphatic heterocycles. The maximum atomic E-state index is 13.4. The maximum absolute atomic E-state index is 13.4. The molecule has 3 amide bonds. The number of aliphatic hydroxyl groups is 2. The lowest BCUT2D eigenvalue weighted by Gasteiger charge is -2.36. The molecule has 1 heterocycles. The first-order valence-corrected chi connectivity index (χ1v) is 15.3. The number of aryl methyl sites for hydroxylation is 2. The van der Waals surface area contributed by atoms with Crippen LogP contribution in [0.3, 0.4) is 0 Å². The van der Waals surface area contributed by atoms with Gasteiger partial charge in [0.2, 0.25) is 11.8 Å². The number of amides is 3. The van der Waals surface area contributed by atoms with E-state index in [2.05, 4.69) is 0 Å². The van der Waals surface area contributed by atoms with Gasteiger partial charge in [-0.25, -0.2) is 4.79 Å². The fraction of sp³-hybridized carbons (Fsp3) is 0.324. The summed E-state index contributed by atoms with van der Waals surface area (Å²) in [6.45, 7) is 3.21. The second-order valence-corrected chi connectivity index (χ2v) is 11.9. The number of nitrogens with zero attached hydrogens (tertiary/aromatic N) is 1. The molecule has 0 unspecified atom stereocenters. The van der Waals surface area contributed by atoms with Crippen LogP contribution in [0.2, 0.25) is 0 Å². The van der Waals surface area contributed by atoms with Crippen molar-refractivity contribution in [3.05, 3.63) is 106 Å². The van der Waals surface area contributed by atoms with Gasteiger partial charge in [0.1, 0.15) is 18.1 Å². The van der Waals surface area contributed by atoms with E-state index in [1.54, 1.807) is 12.1 Å². The Balaban J connectivity index is 1.49. The zero-order valence-corrected chi connectivity index (χ0v) is 26.2. The number of imide groups is 3. The van der Waals surface area contributed by atoms with Crippen molar-refractivity contribution in [3.63, 3.8) is 0 Å². The number of methoxy groups -OCH3 is 1. The molecule has 240 valence electrons. The Kier molecular flexibility index (Phi) is 10.0. The summed E-state index contributed by atoms with van der Waals surface area (Å²) in [5, 5.41) is 32.8. The Morgan fingerprint density at radius 2 is 1.63 bits per heavy atom. The molecular weight excluding hydrogens is 586 g/mol. The van der Waals surface area contributed by atoms with Crippen molar-refractivity contribution in [1.29, 1.82) is 0 Å². The van der Waals surface area contributed by atoms with Gasteiger partial charge in [0.15, 0.2) is 0 Å². The first kappa shape index (κ1) is 32.7. The zero-order valence-electron chi connectivity index (χ0n) is 26.2. The monoisotopic (exact) mass is 625 g/mol. The van der Waals surface area contributed by atoms with Gasteiger partial charge in [-0.05, 0) is 96.3 Å². The molecule has 0 bridgehead atoms. The van der Waals surface area contributed by atoms with Gasteiger partial charge >= 0.3 is 6.09 Å². The molecule has 0 spiro atoms. The molecule has 9 heteroatoms. The second-order valence-electron chi connectivity index (χ2n) is 11.9. The third-order valence-electron chi connectivity index (χ3n) is 8.94. The van der Waals surface area contributed by atoms with Crippen molar-refractivity contribution in [1.82, 2.24) is 4.90 Å². The van der Waals surface area contributed by atoms with Crippen molar-refractivity contribution in [3.8, 4) is 11.5 Å². The van der Waals surface area contributed by atoms with Gasteiger partial charge in [-0.1, -0.05) is 54.6 Å². The number of ether oxygens (including phenoxy) is 2. The number of para-hydroxylation sites is 1. The molecule has 3 aromatic carbocycles. The zero-order chi connectivity index (χ0) is 33.0. The molecule has 5 rings (SSSR count). The summed E-state index contributed by atoms with van der Waals surface area (Å²) in [5.41, 5.74) is 5.40. The Morgan fingerprint density at radius 3 is 2.24 bits per heavy atom. The average molecular weight is 626 g/mol. The summed E-state index contributed by atoms with van der Waals surface area (Å²) < 4.78 is 10.8. The number of benzene rings is 3. The van der Waals surface area contributed by atoms with Crippen molar-refractivity contribution in [2.24, 2.45) is 17.8 Å². The number of aliphatic hydroxyl groups excluding tert-OH is 2. The maximum Gasteiger partial charge on any atom is 0.423 e. The number of hydrogen-bond donors (Lipinski definition) is 3. The third-order valence-corrected chi connectivity index (χ3v) is 8.94. The predicted molar refractivity (Wildman–Crippen MR) is 173 cm³/mol. The van der Waals surface area contributed by atoms with Crippen LogP contribution in [0.1, 0.15) is 41.5 Å². The van der Waals surface area contributed by atoms with Crippen LogP contribution >= 0.6 is 0 Å². The average Bonchev–Trinajstić information content (AvgIpc) is 3.32. The summed E-state index contributed by atoms with van der Waals surface area (Å²) in [7, 11) is 1.10. The van der Waals surface area contributed by atoms with Gasteiger partial charge in [0.25, 0.3) is 0 Å². The minimum atomic E-state index is -1.09. The number of aromatic hydroxyl groups is 1. The SMILES string of the molecule is COC(=O)N1C(=O)[C@@H]2[C@@H](CC(COc3ccccc3)=C([C@H](O)CC/C(=C/c3cc(C)c(O)c(C)c3)c3ccccc3)[C@@H]2CO)C1=O. The first-order valence-electron chi connectivity index (χ1n) is 15.3. The highest BCUT2D eigenvalue weighted by Gasteiger charge is 2.57. The summed E-state index contributed by atoms with van der Waals surface area (Å²) in [6, 6.07) is 22.7. The van der Waals surface area contributed by atoms with Crippen LogP contribution in [-0.2, 0) is 14.3 Å². The fourth-order valence-corrected chi connectivity index (χ4v) is 6.72. The highest BCUT2D eigenvalue weighted by atomic mass is 16.5. The molecule has 0 saturated carbocycles. The number of carbonyl (C=O) groups is 3. The first-order chi connectivity index (χ1) is 22.1. The molecular formula is C37H39NO8. The van der Waals surface area contributed by atoms with Crippen LogP contribution < -0.4 is 4.74 Å². The van der Waals surface area contributed by atoms with E-state index in [0.717, 1.165) is 34.9 Å². The van der Waals surface area contributed by atoms with Gasteiger partial charge in [0, 0.05) is 5.92 Å². The van der Waals surface area contributed by atoms with E-state index < -0.39 is 48.4 Å². The summed E-state index contributed by atoms with van der Waals surface area (Å²) in [6.07, 6.45) is 0.654. The molecule has 3 N–H and O–H groups in total. The molecule has 46 heavy (non-hydrogen) atoms. The number of carbonyl (C=O) groups excluding carboxylic acids is 3. The quantitative estimate of drug-likeness (QED) is 0.154. The minimum absolute atomic E-state index is 0.0310. The molecule has 0 radical (unpaired) electrons. The van der Waals surface area contributed by atoms with Crippen LogP contribution in [0, 0.1) is 31.6 Å². The number of phenolic OH excluding ortho intramolecular Hbond substituents is 1. The molecule has 4 atom stereocenters. The Labute approximate surface area is 268 Å². The smallest absolute Gasteiger partial charge is 0.423 e. The Bertz CT molecular complexity index is 1640. The normalized spacial score (nSPS) is 20.5. The van der Waals surface area contributed by atoms with E-state index in [9.17, 15) is 29.7 Å². The topological polar surface area (TPSA) is 134 Å². The van der Waals surface area contributed by atoms with E-state index in [4.69, 9.17) is 9.47 Å². The van der Waals surface area contributed by atoms with Crippen molar-refractivity contribution >= 4 is 29.6 Å². The number of hydrogen-bond acceptors (Lipinski definition) is 8. The number of rotatable bonds is 10. The van der Waals surface area contributed by atoms with Gasteiger partial charge in [0.05, 0.1) is 31.7 Å². The van der Waals surface area contributed by atoms with E-state index in [1.165, 1.54) is 0 Å². The predicted octanol–water partition coefficient (Wildman–Crippen LogP) is 5.45. The molecule has 0 aromatic heterocycles. The standard InChI is InChI=1S/C37H39NO8/c1-22-16-24(17-23(2)34(22)41)18-26(25-10-6-4-7-11-25)14-15-31(40)32-27(21-46-28-12-8-5-9-13-28)19-29-33(30(32)20-39)36(43)38(35(29)42)37(44)45-3/h4-13,16-18,29-31,33,39-41H,14-15,19-21H2,1-3H3/b26-18-/t29-,30+,31-,33-/m1/s1. The summed E-state index contributed by atoms with van der Waals surface area (Å²) in [5.74, 6) is -3.39. The summed E-state index contributed by atoms with van der Waals surface area (Å²) >= 11 is 0. The van der Waals surface area contributed by atoms with Crippen LogP contribution in [0.5, 0.6) is 11.5 Å². The molecule has 1 saturated heterocycles. The van der Waals surface area contributed by atoms with Crippen LogP contribution in [0.15, 0.2) is 83.9 Å². The third kappa shape index (κ3) is 6.61. The van der Waals surface area contributed by atoms with E-state index in [0.29, 0.717) is 28.2 Å². The van der Waals surface area contributed by atoms with E-state index in [-0.39, 0.29) is 25.2 Å². The number of fused-ring (bicyclic) bond motifs is 1. The number of allylic oxidation sites excluding steroid dienone is 1. The van der Waals surface area contributed by atoms with Gasteiger partial charge in [-0.15, -0.1) is 0 Å². The molecule has 2 aliphatic rings. The van der Waals surface area contributed by atoms with E-state index in [1.807, 2.05) is 80.6 Å². The highest BCUT2D eigenvalue weighted by Crippen LogP contribution is 2.46. The van der Waals surface area contributed by atoms with Crippen molar-refractivity contribution in [2.45, 2.75) is 39.2 Å². The number of likely N-dealkylation sites (tertiary alicyclic amines) is 1. The lowest BCUT2D eigenvalue weighted by Crippen LogP contribution is -2.40. The number of phenols is 1. The molecule has 1 aliphatic carbocycles. The Morgan fingerprint density at radius 1 is 1.00 bits per heavy atom. The lowest BCUT2D eigenvalue weighted by molar-refractivity contribution is -0.137. The minimum Gasteiger partial charge on any atom is -0.507 e. The van der Waals surface area contributed by atoms with Gasteiger partial charge in [-0.3, -0.25) is 9.59 Å². The molecule has 9 nitrogen and oxygen atoms in total. The van der Waals surface area contributed by atoms with Crippen LogP contribution in [0.4, 0.5) is 4.79 Å². The largest absolute Gasteiger partial charge is 0.507 e. The fourth-order valence-electron chi connectivity index (χ4n) is 6.72. The van der Waals surface area contributed by atoms with Crippen molar-refractivity contribution in [2.75, 3.05) is 20.3 Å². The Hall–Kier alpha value is -4.73. The van der Waals surface area contributed by atoms with Crippen LogP contribution in [0.25, 0.3) is 11.6 Å². The van der Waals surface area contributed by atoms with Gasteiger partial charge in [-0.2, -0.15) is 4.90 Å². The highest BCUT2D eigenvalue weighted by molar-refractivity contribution is 6.16. The molecule has 3 aromatic rings. The van der Waals surface area contributed by atoms with Crippen LogP contribution in [-0.4, -0.2) is 64.6 Å². The lowest BCUT2D eigenvalue weighted by atomic mass is 9.68. The van der Waals surface area contributed by atoms with Gasteiger partial charge < -0.3 is 24.8 Å². The second kappa shape index (κ2) is 14.1. The summed E-state index contributed by atoms with van der Waals surface area (Å²) in [4.78, 5) is 39.6. The molecule has 1 fully saturated rings. The van der Waals surface area contributed by atoms with E-state index >= 15 is 0 Å². The van der Waals surface area contributed by atoms with Crippen molar-refractivity contribution < 1.29 is 39.2 Å².